The van der Waals surface area contributed by atoms with E-state index >= 15 is 0 Å². The molecule has 3 aromatic rings. The van der Waals surface area contributed by atoms with Crippen LogP contribution in [0.15, 0.2) is 42.7 Å². The van der Waals surface area contributed by atoms with Gasteiger partial charge in [-0.3, -0.25) is 0 Å². The van der Waals surface area contributed by atoms with Crippen molar-refractivity contribution in [2.24, 2.45) is 0 Å². The van der Waals surface area contributed by atoms with Crippen LogP contribution in [0.2, 0.25) is 0 Å². The maximum Gasteiger partial charge on any atom is 0.508 e. The molecular formula is C21H24N4O5. The standard InChI is InChI=1S/C21H24N4O5/c1-27-15-4-2-14(3-5-15)10-11-28-21(26)29-12-16-6-9-19(30-16)17-7-8-18-20(22)23-13-24-25(17)18/h2-5,7-8,13,16,19H,6,9-12H2,1H3,(H2,22,23,24). The highest BCUT2D eigenvalue weighted by Crippen LogP contribution is 2.33. The molecule has 158 valence electrons. The topological polar surface area (TPSA) is 110 Å². The summed E-state index contributed by atoms with van der Waals surface area (Å²) in [7, 11) is 1.62. The first kappa shape index (κ1) is 20.0. The number of nitrogen functional groups attached to an aromatic ring is 1. The molecule has 0 aliphatic carbocycles. The molecule has 30 heavy (non-hydrogen) atoms. The molecule has 2 atom stereocenters. The van der Waals surface area contributed by atoms with Crippen molar-refractivity contribution in [2.45, 2.75) is 31.5 Å². The van der Waals surface area contributed by atoms with E-state index in [0.29, 0.717) is 12.2 Å². The third-order valence-corrected chi connectivity index (χ3v) is 5.11. The van der Waals surface area contributed by atoms with E-state index in [4.69, 9.17) is 24.7 Å². The molecule has 2 aromatic heterocycles. The smallest absolute Gasteiger partial charge is 0.497 e. The SMILES string of the molecule is COc1ccc(CCOC(=O)OCC2CCC(c3ccc4c(N)ncnn34)O2)cc1. The maximum absolute atomic E-state index is 11.9. The van der Waals surface area contributed by atoms with Gasteiger partial charge in [-0.1, -0.05) is 12.1 Å². The third-order valence-electron chi connectivity index (χ3n) is 5.11. The van der Waals surface area contributed by atoms with Gasteiger partial charge in [-0.15, -0.1) is 0 Å². The van der Waals surface area contributed by atoms with Crippen LogP contribution in [-0.4, -0.2) is 47.2 Å². The molecule has 1 aromatic carbocycles. The van der Waals surface area contributed by atoms with E-state index in [1.807, 2.05) is 36.4 Å². The molecule has 9 nitrogen and oxygen atoms in total. The van der Waals surface area contributed by atoms with Crippen LogP contribution in [0.25, 0.3) is 5.52 Å². The van der Waals surface area contributed by atoms with Crippen molar-refractivity contribution >= 4 is 17.5 Å². The van der Waals surface area contributed by atoms with Gasteiger partial charge < -0.3 is 24.7 Å². The predicted octanol–water partition coefficient (Wildman–Crippen LogP) is 2.94. The zero-order chi connectivity index (χ0) is 20.9. The average molecular weight is 412 g/mol. The highest BCUT2D eigenvalue weighted by Gasteiger charge is 2.30. The lowest BCUT2D eigenvalue weighted by Gasteiger charge is -2.14. The van der Waals surface area contributed by atoms with Crippen molar-refractivity contribution in [3.8, 4) is 5.75 Å². The zero-order valence-corrected chi connectivity index (χ0v) is 16.7. The molecule has 0 amide bonds. The molecule has 4 rings (SSSR count). The van der Waals surface area contributed by atoms with Crippen LogP contribution >= 0.6 is 0 Å². The van der Waals surface area contributed by atoms with Gasteiger partial charge in [-0.2, -0.15) is 5.10 Å². The van der Waals surface area contributed by atoms with Crippen molar-refractivity contribution in [1.82, 2.24) is 14.6 Å². The van der Waals surface area contributed by atoms with E-state index in [0.717, 1.165) is 35.4 Å². The largest absolute Gasteiger partial charge is 0.508 e. The van der Waals surface area contributed by atoms with Crippen molar-refractivity contribution in [3.63, 3.8) is 0 Å². The summed E-state index contributed by atoms with van der Waals surface area (Å²) in [6.45, 7) is 0.398. The summed E-state index contributed by atoms with van der Waals surface area (Å²) in [4.78, 5) is 15.8. The van der Waals surface area contributed by atoms with E-state index in [1.165, 1.54) is 6.33 Å². The van der Waals surface area contributed by atoms with Crippen LogP contribution in [-0.2, 0) is 20.6 Å². The Morgan fingerprint density at radius 1 is 1.20 bits per heavy atom. The summed E-state index contributed by atoms with van der Waals surface area (Å²) in [6, 6.07) is 11.4. The molecule has 1 aliphatic heterocycles. The minimum absolute atomic E-state index is 0.138. The van der Waals surface area contributed by atoms with Crippen LogP contribution in [0.4, 0.5) is 10.6 Å². The molecule has 1 saturated heterocycles. The number of hydrogen-bond acceptors (Lipinski definition) is 8. The number of rotatable bonds is 7. The molecule has 2 N–H and O–H groups in total. The molecule has 3 heterocycles. The fourth-order valence-electron chi connectivity index (χ4n) is 3.51. The van der Waals surface area contributed by atoms with Gasteiger partial charge in [-0.25, -0.2) is 14.3 Å². The van der Waals surface area contributed by atoms with Crippen molar-refractivity contribution in [3.05, 3.63) is 54.0 Å². The highest BCUT2D eigenvalue weighted by atomic mass is 16.7. The summed E-state index contributed by atoms with van der Waals surface area (Å²) in [5.41, 5.74) is 8.58. The Hall–Kier alpha value is -3.33. The maximum atomic E-state index is 11.9. The fraction of sp³-hybridized carbons (Fsp3) is 0.381. The molecule has 0 bridgehead atoms. The van der Waals surface area contributed by atoms with Crippen LogP contribution in [0.1, 0.15) is 30.2 Å². The number of carbonyl (C=O) groups is 1. The number of aromatic nitrogens is 3. The first-order valence-corrected chi connectivity index (χ1v) is 9.80. The fourth-order valence-corrected chi connectivity index (χ4v) is 3.51. The van der Waals surface area contributed by atoms with Crippen LogP contribution in [0.5, 0.6) is 5.75 Å². The minimum atomic E-state index is -0.691. The molecule has 1 aliphatic rings. The summed E-state index contributed by atoms with van der Waals surface area (Å²) >= 11 is 0. The second-order valence-corrected chi connectivity index (χ2v) is 7.03. The van der Waals surface area contributed by atoms with Crippen molar-refractivity contribution in [1.29, 1.82) is 0 Å². The highest BCUT2D eigenvalue weighted by molar-refractivity contribution is 5.65. The second-order valence-electron chi connectivity index (χ2n) is 7.03. The number of anilines is 1. The molecule has 9 heteroatoms. The first-order chi connectivity index (χ1) is 14.6. The van der Waals surface area contributed by atoms with E-state index in [1.54, 1.807) is 11.6 Å². The molecule has 1 fully saturated rings. The monoisotopic (exact) mass is 412 g/mol. The molecule has 2 unspecified atom stereocenters. The summed E-state index contributed by atoms with van der Waals surface area (Å²) in [6.07, 6.45) is 2.59. The van der Waals surface area contributed by atoms with Crippen LogP contribution in [0, 0.1) is 0 Å². The van der Waals surface area contributed by atoms with Gasteiger partial charge in [0.25, 0.3) is 0 Å². The van der Waals surface area contributed by atoms with Gasteiger partial charge in [0.15, 0.2) is 5.82 Å². The Morgan fingerprint density at radius 3 is 2.83 bits per heavy atom. The van der Waals surface area contributed by atoms with Gasteiger partial charge >= 0.3 is 6.16 Å². The Kier molecular flexibility index (Phi) is 5.99. The Morgan fingerprint density at radius 2 is 2.03 bits per heavy atom. The van der Waals surface area contributed by atoms with Crippen LogP contribution in [0.3, 0.4) is 0 Å². The molecular weight excluding hydrogens is 388 g/mol. The Bertz CT molecular complexity index is 1000. The normalized spacial score (nSPS) is 18.4. The zero-order valence-electron chi connectivity index (χ0n) is 16.7. The molecule has 0 saturated carbocycles. The molecule has 0 radical (unpaired) electrons. The lowest BCUT2D eigenvalue weighted by molar-refractivity contribution is -0.0171. The number of hydrogen-bond donors (Lipinski definition) is 1. The van der Waals surface area contributed by atoms with Crippen molar-refractivity contribution in [2.75, 3.05) is 26.1 Å². The second kappa shape index (κ2) is 9.00. The van der Waals surface area contributed by atoms with E-state index in [2.05, 4.69) is 10.1 Å². The third kappa shape index (κ3) is 4.46. The van der Waals surface area contributed by atoms with E-state index in [-0.39, 0.29) is 25.4 Å². The number of ether oxygens (including phenoxy) is 4. The average Bonchev–Trinajstić information content (AvgIpc) is 3.40. The minimum Gasteiger partial charge on any atom is -0.497 e. The number of fused-ring (bicyclic) bond motifs is 1. The number of carbonyl (C=O) groups excluding carboxylic acids is 1. The summed E-state index contributed by atoms with van der Waals surface area (Å²) in [5, 5.41) is 4.25. The van der Waals surface area contributed by atoms with Crippen molar-refractivity contribution < 1.29 is 23.7 Å². The quantitative estimate of drug-likeness (QED) is 0.590. The number of methoxy groups -OCH3 is 1. The van der Waals surface area contributed by atoms with Crippen LogP contribution < -0.4 is 10.5 Å². The lowest BCUT2D eigenvalue weighted by atomic mass is 10.1. The van der Waals surface area contributed by atoms with E-state index in [9.17, 15) is 4.79 Å². The Labute approximate surface area is 173 Å². The summed E-state index contributed by atoms with van der Waals surface area (Å²) in [5.74, 6) is 1.21. The lowest BCUT2D eigenvalue weighted by Crippen LogP contribution is -2.19. The van der Waals surface area contributed by atoms with Gasteiger partial charge in [0.05, 0.1) is 25.5 Å². The van der Waals surface area contributed by atoms with Gasteiger partial charge in [0.2, 0.25) is 0 Å². The number of nitrogens with zero attached hydrogens (tertiary/aromatic N) is 3. The number of nitrogens with two attached hydrogens (primary N) is 1. The van der Waals surface area contributed by atoms with Gasteiger partial charge in [-0.05, 0) is 42.7 Å². The van der Waals surface area contributed by atoms with Gasteiger partial charge in [0.1, 0.15) is 30.3 Å². The van der Waals surface area contributed by atoms with E-state index < -0.39 is 6.16 Å². The summed E-state index contributed by atoms with van der Waals surface area (Å²) < 4.78 is 23.3. The number of benzene rings is 1. The first-order valence-electron chi connectivity index (χ1n) is 9.80. The predicted molar refractivity (Wildman–Crippen MR) is 108 cm³/mol. The van der Waals surface area contributed by atoms with Gasteiger partial charge in [0, 0.05) is 6.42 Å². The Balaban J connectivity index is 1.21. The molecule has 0 spiro atoms.